The minimum Gasteiger partial charge on any atom is -0.323 e. The second-order valence-corrected chi connectivity index (χ2v) is 11.1. The van der Waals surface area contributed by atoms with Crippen LogP contribution in [0.3, 0.4) is 0 Å². The van der Waals surface area contributed by atoms with E-state index < -0.39 is 8.24 Å². The fourth-order valence-corrected chi connectivity index (χ4v) is 1.45. The highest BCUT2D eigenvalue weighted by molar-refractivity contribution is 6.73. The summed E-state index contributed by atoms with van der Waals surface area (Å²) in [6.45, 7) is 14.4. The van der Waals surface area contributed by atoms with Gasteiger partial charge in [-0.1, -0.05) is 37.6 Å². The monoisotopic (exact) mass is 223 g/mol. The Balaban J connectivity index is 4.06. The van der Waals surface area contributed by atoms with Gasteiger partial charge in [0.2, 0.25) is 0 Å². The van der Waals surface area contributed by atoms with Crippen molar-refractivity contribution in [1.82, 2.24) is 4.57 Å². The average Bonchev–Trinajstić information content (AvgIpc) is 1.99. The number of nitrogens with zero attached hydrogens (tertiary/aromatic N) is 1. The molecule has 0 fully saturated rings. The SMILES string of the molecule is CN(CC=CC#CC(C)(C)C)[Si](C)(C)C. The third kappa shape index (κ3) is 8.47. The number of allylic oxidation sites excluding steroid dienone is 1. The van der Waals surface area contributed by atoms with E-state index in [9.17, 15) is 0 Å². The topological polar surface area (TPSA) is 3.24 Å². The summed E-state index contributed by atoms with van der Waals surface area (Å²) in [4.78, 5) is 0. The predicted octanol–water partition coefficient (Wildman–Crippen LogP) is 3.36. The van der Waals surface area contributed by atoms with Crippen molar-refractivity contribution < 1.29 is 0 Å². The summed E-state index contributed by atoms with van der Waals surface area (Å²) in [6, 6.07) is 0. The standard InChI is InChI=1S/C13H25NSi/c1-13(2,3)11-9-8-10-12-14(4)15(5,6)7/h8,10H,12H2,1-7H3. The second kappa shape index (κ2) is 5.53. The van der Waals surface area contributed by atoms with Crippen molar-refractivity contribution >= 4 is 8.24 Å². The van der Waals surface area contributed by atoms with E-state index in [0.717, 1.165) is 6.54 Å². The first-order valence-corrected chi connectivity index (χ1v) is 8.96. The highest BCUT2D eigenvalue weighted by Gasteiger charge is 2.17. The summed E-state index contributed by atoms with van der Waals surface area (Å²) in [5, 5.41) is 0. The summed E-state index contributed by atoms with van der Waals surface area (Å²) in [5.74, 6) is 6.28. The van der Waals surface area contributed by atoms with Crippen LogP contribution in [0.25, 0.3) is 0 Å². The molecule has 0 aliphatic carbocycles. The van der Waals surface area contributed by atoms with Gasteiger partial charge in [-0.3, -0.25) is 0 Å². The Morgan fingerprint density at radius 2 is 1.73 bits per heavy atom. The van der Waals surface area contributed by atoms with Gasteiger partial charge in [0.1, 0.15) is 8.24 Å². The lowest BCUT2D eigenvalue weighted by molar-refractivity contribution is 0.568. The van der Waals surface area contributed by atoms with E-state index in [-0.39, 0.29) is 5.41 Å². The van der Waals surface area contributed by atoms with Crippen LogP contribution in [0.2, 0.25) is 19.6 Å². The van der Waals surface area contributed by atoms with E-state index in [2.05, 4.69) is 69.9 Å². The summed E-state index contributed by atoms with van der Waals surface area (Å²) in [6.07, 6.45) is 4.12. The van der Waals surface area contributed by atoms with Crippen molar-refractivity contribution in [3.05, 3.63) is 12.2 Å². The maximum absolute atomic E-state index is 3.19. The smallest absolute Gasteiger partial charge is 0.119 e. The molecule has 0 N–H and O–H groups in total. The van der Waals surface area contributed by atoms with Gasteiger partial charge in [0.05, 0.1) is 0 Å². The molecule has 0 aliphatic heterocycles. The van der Waals surface area contributed by atoms with Crippen molar-refractivity contribution in [3.8, 4) is 11.8 Å². The van der Waals surface area contributed by atoms with Crippen molar-refractivity contribution in [2.75, 3.05) is 13.6 Å². The molecule has 0 bridgehead atoms. The summed E-state index contributed by atoms with van der Waals surface area (Å²) >= 11 is 0. The molecule has 0 unspecified atom stereocenters. The number of rotatable bonds is 3. The molecule has 0 heterocycles. The van der Waals surface area contributed by atoms with Gasteiger partial charge in [0.15, 0.2) is 0 Å². The molecule has 0 aromatic rings. The molecular weight excluding hydrogens is 198 g/mol. The Morgan fingerprint density at radius 3 is 2.13 bits per heavy atom. The molecule has 0 radical (unpaired) electrons. The molecule has 0 atom stereocenters. The first-order chi connectivity index (χ1) is 6.63. The molecule has 2 heteroatoms. The molecule has 0 saturated heterocycles. The minimum absolute atomic E-state index is 0.106. The molecule has 0 aromatic heterocycles. The fourth-order valence-electron chi connectivity index (χ4n) is 0.802. The highest BCUT2D eigenvalue weighted by atomic mass is 28.3. The maximum atomic E-state index is 3.19. The number of hydrogen-bond acceptors (Lipinski definition) is 1. The normalized spacial score (nSPS) is 13.1. The lowest BCUT2D eigenvalue weighted by Crippen LogP contribution is -2.42. The Labute approximate surface area is 96.6 Å². The molecular formula is C13H25NSi. The van der Waals surface area contributed by atoms with E-state index in [0.29, 0.717) is 0 Å². The van der Waals surface area contributed by atoms with Crippen LogP contribution in [0.4, 0.5) is 0 Å². The van der Waals surface area contributed by atoms with E-state index in [1.807, 2.05) is 6.08 Å². The van der Waals surface area contributed by atoms with Gasteiger partial charge >= 0.3 is 0 Å². The van der Waals surface area contributed by atoms with Crippen LogP contribution in [0, 0.1) is 17.3 Å². The van der Waals surface area contributed by atoms with E-state index in [4.69, 9.17) is 0 Å². The summed E-state index contributed by atoms with van der Waals surface area (Å²) in [5.41, 5.74) is 0.106. The third-order valence-electron chi connectivity index (χ3n) is 2.17. The number of likely N-dealkylation sites (N-methyl/N-ethyl adjacent to an activating group) is 1. The number of hydrogen-bond donors (Lipinski definition) is 0. The van der Waals surface area contributed by atoms with Crippen LogP contribution in [0.5, 0.6) is 0 Å². The first-order valence-electron chi connectivity index (χ1n) is 5.52. The molecule has 86 valence electrons. The zero-order valence-corrected chi connectivity index (χ0v) is 12.3. The van der Waals surface area contributed by atoms with Crippen molar-refractivity contribution in [3.63, 3.8) is 0 Å². The average molecular weight is 223 g/mol. The quantitative estimate of drug-likeness (QED) is 0.524. The zero-order chi connectivity index (χ0) is 12.1. The summed E-state index contributed by atoms with van der Waals surface area (Å²) in [7, 11) is 1.06. The Bertz CT molecular complexity index is 268. The van der Waals surface area contributed by atoms with Crippen LogP contribution >= 0.6 is 0 Å². The van der Waals surface area contributed by atoms with E-state index >= 15 is 0 Å². The molecule has 1 nitrogen and oxygen atoms in total. The molecule has 15 heavy (non-hydrogen) atoms. The van der Waals surface area contributed by atoms with Crippen LogP contribution in [-0.2, 0) is 0 Å². The lowest BCUT2D eigenvalue weighted by Gasteiger charge is -2.28. The third-order valence-corrected chi connectivity index (χ3v) is 4.65. The van der Waals surface area contributed by atoms with E-state index in [1.54, 1.807) is 0 Å². The lowest BCUT2D eigenvalue weighted by atomic mass is 9.98. The maximum Gasteiger partial charge on any atom is 0.119 e. The Morgan fingerprint density at radius 1 is 1.20 bits per heavy atom. The van der Waals surface area contributed by atoms with E-state index in [1.165, 1.54) is 0 Å². The summed E-state index contributed by atoms with van der Waals surface area (Å²) < 4.78 is 2.43. The van der Waals surface area contributed by atoms with Crippen molar-refractivity contribution in [2.45, 2.75) is 40.4 Å². The second-order valence-electron chi connectivity index (χ2n) is 5.97. The fraction of sp³-hybridized carbons (Fsp3) is 0.692. The largest absolute Gasteiger partial charge is 0.323 e. The van der Waals surface area contributed by atoms with Crippen LogP contribution in [-0.4, -0.2) is 26.4 Å². The minimum atomic E-state index is -1.12. The molecule has 0 amide bonds. The van der Waals surface area contributed by atoms with Crippen molar-refractivity contribution in [2.24, 2.45) is 5.41 Å². The van der Waals surface area contributed by atoms with Gasteiger partial charge < -0.3 is 4.57 Å². The molecule has 0 rings (SSSR count). The van der Waals surface area contributed by atoms with Gasteiger partial charge in [-0.2, -0.15) is 0 Å². The molecule has 0 spiro atoms. The van der Waals surface area contributed by atoms with Crippen molar-refractivity contribution in [1.29, 1.82) is 0 Å². The Kier molecular flexibility index (Phi) is 5.34. The van der Waals surface area contributed by atoms with Crippen LogP contribution in [0.15, 0.2) is 12.2 Å². The predicted molar refractivity (Wildman–Crippen MR) is 72.3 cm³/mol. The molecule has 0 saturated carbocycles. The van der Waals surface area contributed by atoms with Gasteiger partial charge in [-0.25, -0.2) is 0 Å². The first kappa shape index (κ1) is 14.5. The van der Waals surface area contributed by atoms with Crippen LogP contribution < -0.4 is 0 Å². The highest BCUT2D eigenvalue weighted by Crippen LogP contribution is 2.09. The van der Waals surface area contributed by atoms with Gasteiger partial charge in [0.25, 0.3) is 0 Å². The molecule has 0 aliphatic rings. The Hall–Kier alpha value is -0.523. The van der Waals surface area contributed by atoms with Gasteiger partial charge in [-0.05, 0) is 33.9 Å². The van der Waals surface area contributed by atoms with Gasteiger partial charge in [0, 0.05) is 12.0 Å². The van der Waals surface area contributed by atoms with Crippen LogP contribution in [0.1, 0.15) is 20.8 Å². The zero-order valence-electron chi connectivity index (χ0n) is 11.3. The molecule has 0 aromatic carbocycles. The van der Waals surface area contributed by atoms with Gasteiger partial charge in [-0.15, -0.1) is 0 Å².